The second-order valence-electron chi connectivity index (χ2n) is 32.2. The molecule has 20 aromatic carbocycles. The summed E-state index contributed by atoms with van der Waals surface area (Å²) in [6.07, 6.45) is 0. The molecule has 0 bridgehead atoms. The van der Waals surface area contributed by atoms with Crippen molar-refractivity contribution in [3.63, 3.8) is 0 Å². The van der Waals surface area contributed by atoms with E-state index in [1.165, 1.54) is 122 Å². The van der Waals surface area contributed by atoms with Crippen LogP contribution in [-0.2, 0) is 0 Å². The molecule has 0 aliphatic carbocycles. The highest BCUT2D eigenvalue weighted by Crippen LogP contribution is 2.47. The maximum Gasteiger partial charge on any atom is 0.136 e. The number of anilines is 6. The number of furan rings is 2. The van der Waals surface area contributed by atoms with Gasteiger partial charge in [-0.15, -0.1) is 0 Å². The van der Waals surface area contributed by atoms with Crippen molar-refractivity contribution >= 4 is 122 Å². The molecule has 4 heterocycles. The Kier molecular flexibility index (Phi) is 18.8. The third kappa shape index (κ3) is 13.6. The highest BCUT2D eigenvalue weighted by atomic mass is 16.3. The summed E-state index contributed by atoms with van der Waals surface area (Å²) in [5, 5.41) is 9.66. The van der Waals surface area contributed by atoms with Crippen LogP contribution >= 0.6 is 0 Å². The van der Waals surface area contributed by atoms with E-state index in [1.54, 1.807) is 0 Å². The molecule has 0 fully saturated rings. The highest BCUT2D eigenvalue weighted by molar-refractivity contribution is 6.15. The molecular weight excluding hydrogens is 1530 g/mol. The van der Waals surface area contributed by atoms with Crippen LogP contribution in [0.25, 0.3) is 188 Å². The Labute approximate surface area is 730 Å². The molecular formula is C120H80N4O2. The van der Waals surface area contributed by atoms with Crippen LogP contribution in [0.15, 0.2) is 494 Å². The van der Waals surface area contributed by atoms with Crippen LogP contribution in [0, 0.1) is 0 Å². The summed E-state index contributed by atoms with van der Waals surface area (Å²) in [5.41, 5.74) is 36.1. The number of benzene rings is 20. The lowest BCUT2D eigenvalue weighted by Gasteiger charge is -2.28. The van der Waals surface area contributed by atoms with Crippen molar-refractivity contribution in [2.24, 2.45) is 0 Å². The van der Waals surface area contributed by atoms with Crippen LogP contribution in [0.1, 0.15) is 0 Å². The van der Waals surface area contributed by atoms with Crippen molar-refractivity contribution in [2.45, 2.75) is 0 Å². The van der Waals surface area contributed by atoms with Crippen LogP contribution in [0.3, 0.4) is 0 Å². The average molecular weight is 1610 g/mol. The Hall–Kier alpha value is -16.8. The Morgan fingerprint density at radius 1 is 0.159 bits per heavy atom. The number of rotatable bonds is 16. The van der Waals surface area contributed by atoms with Crippen LogP contribution in [-0.4, -0.2) is 9.13 Å². The lowest BCUT2D eigenvalue weighted by Crippen LogP contribution is -2.11. The third-order valence-corrected chi connectivity index (χ3v) is 24.9. The van der Waals surface area contributed by atoms with E-state index in [0.29, 0.717) is 0 Å². The summed E-state index contributed by atoms with van der Waals surface area (Å²) >= 11 is 0. The third-order valence-electron chi connectivity index (χ3n) is 24.9. The zero-order valence-electron chi connectivity index (χ0n) is 68.8. The van der Waals surface area contributed by atoms with Crippen LogP contribution in [0.5, 0.6) is 0 Å². The summed E-state index contributed by atoms with van der Waals surface area (Å²) in [4.78, 5) is 4.73. The fraction of sp³-hybridized carbons (Fsp3) is 0. The zero-order chi connectivity index (χ0) is 83.4. The van der Waals surface area contributed by atoms with E-state index in [4.69, 9.17) is 8.83 Å². The minimum atomic E-state index is 0.909. The smallest absolute Gasteiger partial charge is 0.136 e. The number of para-hydroxylation sites is 7. The Bertz CT molecular complexity index is 8020. The van der Waals surface area contributed by atoms with Crippen LogP contribution in [0.2, 0.25) is 0 Å². The van der Waals surface area contributed by atoms with Crippen LogP contribution in [0.4, 0.5) is 34.1 Å². The molecule has 4 aromatic heterocycles. The molecule has 6 nitrogen and oxygen atoms in total. The van der Waals surface area contributed by atoms with Gasteiger partial charge in [-0.25, -0.2) is 0 Å². The first-order chi connectivity index (χ1) is 62.5. The maximum absolute atomic E-state index is 6.19. The lowest BCUT2D eigenvalue weighted by atomic mass is 9.96. The topological polar surface area (TPSA) is 42.6 Å². The van der Waals surface area contributed by atoms with Crippen LogP contribution < -0.4 is 9.80 Å². The van der Waals surface area contributed by atoms with Gasteiger partial charge in [0.25, 0.3) is 0 Å². The van der Waals surface area contributed by atoms with Crippen molar-refractivity contribution in [3.05, 3.63) is 485 Å². The summed E-state index contributed by atoms with van der Waals surface area (Å²) < 4.78 is 17.1. The molecule has 0 radical (unpaired) electrons. The van der Waals surface area contributed by atoms with Gasteiger partial charge in [-0.1, -0.05) is 346 Å². The highest BCUT2D eigenvalue weighted by Gasteiger charge is 2.23. The predicted molar refractivity (Wildman–Crippen MR) is 529 cm³/mol. The molecule has 24 aromatic rings. The molecule has 0 aliphatic rings. The molecule has 24 rings (SSSR count). The van der Waals surface area contributed by atoms with Gasteiger partial charge in [-0.3, -0.25) is 0 Å². The van der Waals surface area contributed by atoms with Crippen molar-refractivity contribution in [1.29, 1.82) is 0 Å². The second-order valence-corrected chi connectivity index (χ2v) is 32.2. The standard InChI is InChI=1S/2C60H40N2O/c1-2-13-45(14-3-1)50-15-4-8-20-55(50)61(47-35-29-42(30-36-47)41-25-27-46(28-26-41)51-19-12-24-59-60(51)54-18-7-11-23-58(54)63-59)48-37-31-43(32-38-48)44-33-39-49(40-34-44)62-56-21-9-5-16-52(56)53-17-6-10-22-57(53)62;1-2-12-41(13-3-1)47-14-10-15-51(40-47)61(48-34-28-43(29-35-48)42-24-26-46(27-25-42)52-19-11-23-59-60(52)55-18-6-9-22-58(55)63-59)49-36-30-44(31-37-49)45-32-38-50(39-33-45)62-56-20-7-4-16-53(56)54-17-5-8-21-57(54)62/h2*1-40H. The average Bonchev–Trinajstić information content (AvgIpc) is 1.60. The van der Waals surface area contributed by atoms with Gasteiger partial charge in [0.15, 0.2) is 0 Å². The fourth-order valence-corrected chi connectivity index (χ4v) is 18.8. The minimum Gasteiger partial charge on any atom is -0.456 e. The Morgan fingerprint density at radius 3 is 0.817 bits per heavy atom. The normalized spacial score (nSPS) is 11.5. The number of nitrogens with zero attached hydrogens (tertiary/aromatic N) is 4. The van der Waals surface area contributed by atoms with Crippen molar-refractivity contribution in [3.8, 4) is 100 Å². The van der Waals surface area contributed by atoms with Gasteiger partial charge in [0.2, 0.25) is 0 Å². The van der Waals surface area contributed by atoms with Gasteiger partial charge in [-0.2, -0.15) is 0 Å². The SMILES string of the molecule is c1ccc(-c2cccc(N(c3ccc(-c4ccc(-c5cccc6oc7ccccc7c56)cc4)cc3)c3ccc(-c4ccc(-n5c6ccccc6c6ccccc65)cc4)cc3)c2)cc1.c1ccc(-c2ccccc2N(c2ccc(-c3ccc(-c4cccc5oc6ccccc6c45)cc3)cc2)c2ccc(-c3ccc(-n4c5ccccc5c5ccccc54)cc3)cc2)cc1. The van der Waals surface area contributed by atoms with E-state index in [0.717, 1.165) is 101 Å². The molecule has 0 atom stereocenters. The minimum absolute atomic E-state index is 0.909. The van der Waals surface area contributed by atoms with Crippen molar-refractivity contribution in [2.75, 3.05) is 9.80 Å². The first-order valence-corrected chi connectivity index (χ1v) is 43.0. The number of aromatic nitrogens is 2. The molecule has 6 heteroatoms. The van der Waals surface area contributed by atoms with E-state index in [1.807, 2.05) is 24.3 Å². The molecule has 0 N–H and O–H groups in total. The lowest BCUT2D eigenvalue weighted by molar-refractivity contribution is 0.668. The molecule has 0 saturated carbocycles. The Balaban J connectivity index is 0.000000145. The molecule has 0 saturated heterocycles. The van der Waals surface area contributed by atoms with Gasteiger partial charge < -0.3 is 27.8 Å². The summed E-state index contributed by atoms with van der Waals surface area (Å²) in [6.45, 7) is 0. The van der Waals surface area contributed by atoms with Gasteiger partial charge in [0, 0.05) is 88.5 Å². The summed E-state index contributed by atoms with van der Waals surface area (Å²) in [6, 6.07) is 174. The van der Waals surface area contributed by atoms with Gasteiger partial charge in [0.1, 0.15) is 22.3 Å². The molecule has 0 aliphatic heterocycles. The maximum atomic E-state index is 6.19. The number of fused-ring (bicyclic) bond motifs is 12. The predicted octanol–water partition coefficient (Wildman–Crippen LogP) is 33.6. The first kappa shape index (κ1) is 74.3. The molecule has 0 spiro atoms. The molecule has 0 amide bonds. The Morgan fingerprint density at radius 2 is 0.421 bits per heavy atom. The van der Waals surface area contributed by atoms with Gasteiger partial charge >= 0.3 is 0 Å². The molecule has 126 heavy (non-hydrogen) atoms. The molecule has 592 valence electrons. The van der Waals surface area contributed by atoms with E-state index >= 15 is 0 Å². The number of hydrogen-bond donors (Lipinski definition) is 0. The first-order valence-electron chi connectivity index (χ1n) is 43.0. The summed E-state index contributed by atoms with van der Waals surface area (Å²) in [5.74, 6) is 0. The second kappa shape index (κ2) is 32.0. The van der Waals surface area contributed by atoms with E-state index in [-0.39, 0.29) is 0 Å². The van der Waals surface area contributed by atoms with Crippen molar-refractivity contribution < 1.29 is 8.83 Å². The monoisotopic (exact) mass is 1610 g/mol. The molecule has 0 unspecified atom stereocenters. The quantitative estimate of drug-likeness (QED) is 0.0967. The van der Waals surface area contributed by atoms with Gasteiger partial charge in [-0.05, 0) is 223 Å². The van der Waals surface area contributed by atoms with Crippen molar-refractivity contribution in [1.82, 2.24) is 9.13 Å². The zero-order valence-corrected chi connectivity index (χ0v) is 68.8. The largest absolute Gasteiger partial charge is 0.456 e. The fourth-order valence-electron chi connectivity index (χ4n) is 18.8. The van der Waals surface area contributed by atoms with E-state index in [2.05, 4.69) is 480 Å². The van der Waals surface area contributed by atoms with E-state index in [9.17, 15) is 0 Å². The van der Waals surface area contributed by atoms with E-state index < -0.39 is 0 Å². The van der Waals surface area contributed by atoms with Gasteiger partial charge in [0.05, 0.1) is 27.8 Å². The summed E-state index contributed by atoms with van der Waals surface area (Å²) in [7, 11) is 0. The number of hydrogen-bond acceptors (Lipinski definition) is 4.